The molecule has 154 valence electrons. The minimum atomic E-state index is -3.65. The predicted molar refractivity (Wildman–Crippen MR) is 112 cm³/mol. The van der Waals surface area contributed by atoms with Crippen LogP contribution >= 0.6 is 15.9 Å². The van der Waals surface area contributed by atoms with E-state index in [9.17, 15) is 18.0 Å². The Morgan fingerprint density at radius 3 is 2.64 bits per heavy atom. The van der Waals surface area contributed by atoms with Crippen LogP contribution in [0.1, 0.15) is 45.1 Å². The van der Waals surface area contributed by atoms with E-state index in [1.54, 1.807) is 28.9 Å². The van der Waals surface area contributed by atoms with Crippen molar-refractivity contribution in [1.29, 1.82) is 0 Å². The molecule has 0 aromatic heterocycles. The van der Waals surface area contributed by atoms with E-state index in [1.165, 1.54) is 0 Å². The van der Waals surface area contributed by atoms with Gasteiger partial charge in [0.05, 0.1) is 10.6 Å². The number of fused-ring (bicyclic) bond motifs is 1. The molecule has 0 unspecified atom stereocenters. The van der Waals surface area contributed by atoms with Crippen LogP contribution in [-0.4, -0.2) is 50.5 Å². The maximum absolute atomic E-state index is 12.9. The number of nitrogens with zero attached hydrogens (tertiary/aromatic N) is 2. The van der Waals surface area contributed by atoms with E-state index >= 15 is 0 Å². The molecular formula is C20H27BrN2O4S. The van der Waals surface area contributed by atoms with Crippen LogP contribution in [0.2, 0.25) is 0 Å². The molecule has 2 amide bonds. The first-order chi connectivity index (χ1) is 13.2. The van der Waals surface area contributed by atoms with Crippen LogP contribution in [0.15, 0.2) is 21.5 Å². The first kappa shape index (κ1) is 21.3. The number of rotatable bonds is 5. The van der Waals surface area contributed by atoms with E-state index in [0.717, 1.165) is 18.4 Å². The Morgan fingerprint density at radius 1 is 1.21 bits per heavy atom. The van der Waals surface area contributed by atoms with Crippen LogP contribution in [0, 0.1) is 5.92 Å². The third kappa shape index (κ3) is 4.43. The number of carbonyl (C=O) groups is 2. The van der Waals surface area contributed by atoms with Crippen molar-refractivity contribution in [2.45, 2.75) is 50.8 Å². The first-order valence-corrected chi connectivity index (χ1v) is 12.3. The SMILES string of the molecule is CCC(=O)N1CCc2cc(Br)c(S(=O)(=O)CCC(=O)N3CCC[C@H](C)C3)cc21. The molecule has 28 heavy (non-hydrogen) atoms. The van der Waals surface area contributed by atoms with Crippen molar-refractivity contribution >= 4 is 43.3 Å². The summed E-state index contributed by atoms with van der Waals surface area (Å²) in [5.41, 5.74) is 1.64. The number of benzene rings is 1. The molecule has 1 atom stereocenters. The lowest BCUT2D eigenvalue weighted by Crippen LogP contribution is -2.39. The molecular weight excluding hydrogens is 444 g/mol. The lowest BCUT2D eigenvalue weighted by atomic mass is 10.0. The monoisotopic (exact) mass is 470 g/mol. The minimum absolute atomic E-state index is 0.0150. The number of piperidine rings is 1. The molecule has 1 aromatic carbocycles. The Balaban J connectivity index is 1.76. The average Bonchev–Trinajstić information content (AvgIpc) is 3.07. The van der Waals surface area contributed by atoms with E-state index in [2.05, 4.69) is 22.9 Å². The van der Waals surface area contributed by atoms with Crippen molar-refractivity contribution < 1.29 is 18.0 Å². The second-order valence-electron chi connectivity index (χ2n) is 7.72. The van der Waals surface area contributed by atoms with Crippen LogP contribution in [-0.2, 0) is 25.8 Å². The lowest BCUT2D eigenvalue weighted by molar-refractivity contribution is -0.132. The molecule has 2 aliphatic heterocycles. The van der Waals surface area contributed by atoms with Gasteiger partial charge in [-0.05, 0) is 58.8 Å². The van der Waals surface area contributed by atoms with Gasteiger partial charge in [-0.25, -0.2) is 8.42 Å². The van der Waals surface area contributed by atoms with Crippen molar-refractivity contribution in [3.63, 3.8) is 0 Å². The fourth-order valence-electron chi connectivity index (χ4n) is 3.98. The van der Waals surface area contributed by atoms with Gasteiger partial charge in [-0.1, -0.05) is 13.8 Å². The molecule has 2 heterocycles. The Morgan fingerprint density at radius 2 is 1.96 bits per heavy atom. The Labute approximate surface area is 175 Å². The summed E-state index contributed by atoms with van der Waals surface area (Å²) >= 11 is 3.37. The number of amides is 2. The van der Waals surface area contributed by atoms with Gasteiger partial charge in [0.1, 0.15) is 0 Å². The van der Waals surface area contributed by atoms with Crippen molar-refractivity contribution in [2.24, 2.45) is 5.92 Å². The predicted octanol–water partition coefficient (Wildman–Crippen LogP) is 3.17. The van der Waals surface area contributed by atoms with Gasteiger partial charge in [-0.3, -0.25) is 9.59 Å². The second-order valence-corrected chi connectivity index (χ2v) is 10.6. The van der Waals surface area contributed by atoms with Crippen LogP contribution < -0.4 is 4.90 Å². The van der Waals surface area contributed by atoms with E-state index in [0.29, 0.717) is 48.6 Å². The fraction of sp³-hybridized carbons (Fsp3) is 0.600. The highest BCUT2D eigenvalue weighted by Crippen LogP contribution is 2.36. The smallest absolute Gasteiger partial charge is 0.226 e. The summed E-state index contributed by atoms with van der Waals surface area (Å²) in [5.74, 6) is 0.117. The number of halogens is 1. The zero-order valence-electron chi connectivity index (χ0n) is 16.4. The van der Waals surface area contributed by atoms with Gasteiger partial charge in [-0.2, -0.15) is 0 Å². The molecule has 3 rings (SSSR count). The van der Waals surface area contributed by atoms with Crippen LogP contribution in [0.3, 0.4) is 0 Å². The Bertz CT molecular complexity index is 884. The summed E-state index contributed by atoms with van der Waals surface area (Å²) < 4.78 is 26.4. The minimum Gasteiger partial charge on any atom is -0.342 e. The molecule has 0 aliphatic carbocycles. The van der Waals surface area contributed by atoms with Gasteiger partial charge < -0.3 is 9.80 Å². The number of likely N-dealkylation sites (tertiary alicyclic amines) is 1. The zero-order chi connectivity index (χ0) is 20.5. The molecule has 0 saturated carbocycles. The van der Waals surface area contributed by atoms with Crippen molar-refractivity contribution in [3.8, 4) is 0 Å². The Kier molecular flexibility index (Phi) is 6.49. The lowest BCUT2D eigenvalue weighted by Gasteiger charge is -2.31. The van der Waals surface area contributed by atoms with E-state index < -0.39 is 9.84 Å². The molecule has 6 nitrogen and oxygen atoms in total. The van der Waals surface area contributed by atoms with Gasteiger partial charge in [0, 0.05) is 42.6 Å². The summed E-state index contributed by atoms with van der Waals surface area (Å²) in [5, 5.41) is 0. The standard InChI is InChI=1S/C20H27BrN2O4S/c1-3-19(24)23-9-6-15-11-16(21)18(12-17(15)23)28(26,27)10-7-20(25)22-8-4-5-14(2)13-22/h11-12,14H,3-10,13H2,1-2H3/t14-/m0/s1. The molecule has 0 spiro atoms. The van der Waals surface area contributed by atoms with Crippen molar-refractivity contribution in [3.05, 3.63) is 22.2 Å². The number of hydrogen-bond acceptors (Lipinski definition) is 4. The van der Waals surface area contributed by atoms with Crippen LogP contribution in [0.4, 0.5) is 5.69 Å². The normalized spacial score (nSPS) is 19.6. The quantitative estimate of drug-likeness (QED) is 0.661. The number of sulfone groups is 1. The van der Waals surface area contributed by atoms with Gasteiger partial charge >= 0.3 is 0 Å². The number of hydrogen-bond donors (Lipinski definition) is 0. The highest BCUT2D eigenvalue weighted by Gasteiger charge is 2.29. The van der Waals surface area contributed by atoms with Crippen molar-refractivity contribution in [2.75, 3.05) is 30.3 Å². The number of anilines is 1. The van der Waals surface area contributed by atoms with E-state index in [-0.39, 0.29) is 28.9 Å². The Hall–Kier alpha value is -1.41. The highest BCUT2D eigenvalue weighted by atomic mass is 79.9. The molecule has 0 N–H and O–H groups in total. The molecule has 8 heteroatoms. The molecule has 1 aromatic rings. The molecule has 1 fully saturated rings. The maximum atomic E-state index is 12.9. The average molecular weight is 471 g/mol. The summed E-state index contributed by atoms with van der Waals surface area (Å²) in [7, 11) is -3.65. The second kappa shape index (κ2) is 8.53. The highest BCUT2D eigenvalue weighted by molar-refractivity contribution is 9.10. The molecule has 0 bridgehead atoms. The third-order valence-corrected chi connectivity index (χ3v) is 8.23. The van der Waals surface area contributed by atoms with Crippen molar-refractivity contribution in [1.82, 2.24) is 4.90 Å². The number of carbonyl (C=O) groups excluding carboxylic acids is 2. The summed E-state index contributed by atoms with van der Waals surface area (Å²) in [6.45, 7) is 5.89. The molecule has 0 radical (unpaired) electrons. The van der Waals surface area contributed by atoms with Crippen LogP contribution in [0.25, 0.3) is 0 Å². The fourth-order valence-corrected chi connectivity index (χ4v) is 6.42. The van der Waals surface area contributed by atoms with E-state index in [4.69, 9.17) is 0 Å². The maximum Gasteiger partial charge on any atom is 0.226 e. The van der Waals surface area contributed by atoms with Gasteiger partial charge in [0.2, 0.25) is 11.8 Å². The van der Waals surface area contributed by atoms with Gasteiger partial charge in [0.25, 0.3) is 0 Å². The topological polar surface area (TPSA) is 74.8 Å². The summed E-state index contributed by atoms with van der Waals surface area (Å²) in [6, 6.07) is 3.38. The van der Waals surface area contributed by atoms with Gasteiger partial charge in [0.15, 0.2) is 9.84 Å². The molecule has 1 saturated heterocycles. The third-order valence-electron chi connectivity index (χ3n) is 5.56. The molecule has 2 aliphatic rings. The summed E-state index contributed by atoms with van der Waals surface area (Å²) in [4.78, 5) is 28.2. The van der Waals surface area contributed by atoms with E-state index in [1.807, 2.05) is 0 Å². The van der Waals surface area contributed by atoms with Gasteiger partial charge in [-0.15, -0.1) is 0 Å². The largest absolute Gasteiger partial charge is 0.342 e. The zero-order valence-corrected chi connectivity index (χ0v) is 18.8. The van der Waals surface area contributed by atoms with Crippen LogP contribution in [0.5, 0.6) is 0 Å². The summed E-state index contributed by atoms with van der Waals surface area (Å²) in [6.07, 6.45) is 3.15. The first-order valence-electron chi connectivity index (χ1n) is 9.86.